The van der Waals surface area contributed by atoms with E-state index < -0.39 is 10.0 Å². The summed E-state index contributed by atoms with van der Waals surface area (Å²) in [6, 6.07) is 16.2. The number of aryl methyl sites for hydroxylation is 2. The van der Waals surface area contributed by atoms with E-state index in [2.05, 4.69) is 5.32 Å². The number of benzene rings is 3. The van der Waals surface area contributed by atoms with Gasteiger partial charge < -0.3 is 5.32 Å². The van der Waals surface area contributed by atoms with Gasteiger partial charge in [0.25, 0.3) is 10.0 Å². The zero-order chi connectivity index (χ0) is 18.5. The highest BCUT2D eigenvalue weighted by molar-refractivity contribution is 7.93. The number of anilines is 2. The van der Waals surface area contributed by atoms with Gasteiger partial charge in [0, 0.05) is 11.1 Å². The summed E-state index contributed by atoms with van der Waals surface area (Å²) in [6.45, 7) is 3.70. The van der Waals surface area contributed by atoms with Crippen LogP contribution in [0.3, 0.4) is 0 Å². The molecule has 3 aromatic carbocycles. The van der Waals surface area contributed by atoms with Gasteiger partial charge in [0.05, 0.1) is 10.6 Å². The van der Waals surface area contributed by atoms with Crippen LogP contribution < -0.4 is 9.62 Å². The maximum absolute atomic E-state index is 12.9. The molecular formula is C20H18N2O3S. The topological polar surface area (TPSA) is 66.5 Å². The predicted octanol–water partition coefficient (Wildman–Crippen LogP) is 3.60. The Hall–Kier alpha value is -2.86. The van der Waals surface area contributed by atoms with Crippen molar-refractivity contribution in [2.45, 2.75) is 18.7 Å². The quantitative estimate of drug-likeness (QED) is 0.770. The van der Waals surface area contributed by atoms with Gasteiger partial charge in [-0.3, -0.25) is 9.10 Å². The Morgan fingerprint density at radius 1 is 1.00 bits per heavy atom. The van der Waals surface area contributed by atoms with E-state index in [4.69, 9.17) is 0 Å². The molecule has 0 aromatic heterocycles. The minimum atomic E-state index is -3.73. The molecule has 0 spiro atoms. The Bertz CT molecular complexity index is 1150. The van der Waals surface area contributed by atoms with E-state index in [-0.39, 0.29) is 17.3 Å². The first-order valence-electron chi connectivity index (χ1n) is 8.29. The van der Waals surface area contributed by atoms with Gasteiger partial charge in [-0.25, -0.2) is 8.42 Å². The molecule has 1 aliphatic heterocycles. The minimum Gasteiger partial charge on any atom is -0.325 e. The van der Waals surface area contributed by atoms with Gasteiger partial charge in [-0.1, -0.05) is 30.3 Å². The van der Waals surface area contributed by atoms with Crippen LogP contribution in [0, 0.1) is 13.8 Å². The molecule has 26 heavy (non-hydrogen) atoms. The molecule has 0 unspecified atom stereocenters. The molecule has 1 amide bonds. The lowest BCUT2D eigenvalue weighted by Crippen LogP contribution is -2.35. The summed E-state index contributed by atoms with van der Waals surface area (Å²) in [7, 11) is -3.73. The Morgan fingerprint density at radius 3 is 2.46 bits per heavy atom. The maximum atomic E-state index is 12.9. The molecular weight excluding hydrogens is 348 g/mol. The van der Waals surface area contributed by atoms with Crippen LogP contribution in [0.15, 0.2) is 59.5 Å². The lowest BCUT2D eigenvalue weighted by atomic mass is 10.1. The molecule has 1 heterocycles. The second-order valence-corrected chi connectivity index (χ2v) is 8.32. The van der Waals surface area contributed by atoms with Crippen molar-refractivity contribution in [1.82, 2.24) is 0 Å². The summed E-state index contributed by atoms with van der Waals surface area (Å²) in [5, 5.41) is 4.31. The lowest BCUT2D eigenvalue weighted by molar-refractivity contribution is -0.114. The SMILES string of the molecule is Cc1ccc(NC(=O)CN2c3cccc4cccc(c34)S2(=O)=O)cc1C. The van der Waals surface area contributed by atoms with Gasteiger partial charge in [-0.15, -0.1) is 0 Å². The molecule has 0 saturated heterocycles. The number of rotatable bonds is 3. The summed E-state index contributed by atoms with van der Waals surface area (Å²) in [4.78, 5) is 12.8. The number of sulfonamides is 1. The fraction of sp³-hybridized carbons (Fsp3) is 0.150. The molecule has 3 aromatic rings. The summed E-state index contributed by atoms with van der Waals surface area (Å²) in [6.07, 6.45) is 0. The third-order valence-corrected chi connectivity index (χ3v) is 6.56. The molecule has 6 heteroatoms. The highest BCUT2D eigenvalue weighted by Crippen LogP contribution is 2.41. The van der Waals surface area contributed by atoms with E-state index in [9.17, 15) is 13.2 Å². The highest BCUT2D eigenvalue weighted by Gasteiger charge is 2.36. The highest BCUT2D eigenvalue weighted by atomic mass is 32.2. The number of carbonyl (C=O) groups excluding carboxylic acids is 1. The van der Waals surface area contributed by atoms with Crippen LogP contribution in [0.1, 0.15) is 11.1 Å². The van der Waals surface area contributed by atoms with Crippen molar-refractivity contribution >= 4 is 38.1 Å². The Kier molecular flexibility index (Phi) is 3.73. The summed E-state index contributed by atoms with van der Waals surface area (Å²) < 4.78 is 27.0. The summed E-state index contributed by atoms with van der Waals surface area (Å²) in [5.74, 6) is -0.373. The number of hydrogen-bond acceptors (Lipinski definition) is 3. The molecule has 1 N–H and O–H groups in total. The van der Waals surface area contributed by atoms with Crippen molar-refractivity contribution in [1.29, 1.82) is 0 Å². The van der Waals surface area contributed by atoms with Gasteiger partial charge in [0.15, 0.2) is 0 Å². The van der Waals surface area contributed by atoms with Gasteiger partial charge in [-0.2, -0.15) is 0 Å². The van der Waals surface area contributed by atoms with Crippen LogP contribution in [0.5, 0.6) is 0 Å². The zero-order valence-electron chi connectivity index (χ0n) is 14.5. The van der Waals surface area contributed by atoms with Crippen molar-refractivity contribution < 1.29 is 13.2 Å². The van der Waals surface area contributed by atoms with Crippen molar-refractivity contribution in [2.75, 3.05) is 16.2 Å². The Balaban J connectivity index is 1.65. The largest absolute Gasteiger partial charge is 0.325 e. The molecule has 0 saturated carbocycles. The second kappa shape index (κ2) is 5.85. The third kappa shape index (κ3) is 2.54. The Morgan fingerprint density at radius 2 is 1.73 bits per heavy atom. The van der Waals surface area contributed by atoms with Crippen molar-refractivity contribution in [2.24, 2.45) is 0 Å². The number of carbonyl (C=O) groups is 1. The van der Waals surface area contributed by atoms with Crippen molar-refractivity contribution in [3.63, 3.8) is 0 Å². The van der Waals surface area contributed by atoms with Crippen LogP contribution in [0.25, 0.3) is 10.8 Å². The molecule has 0 fully saturated rings. The van der Waals surface area contributed by atoms with E-state index in [0.29, 0.717) is 16.8 Å². The van der Waals surface area contributed by atoms with E-state index in [1.807, 2.05) is 44.2 Å². The number of nitrogens with zero attached hydrogens (tertiary/aromatic N) is 1. The maximum Gasteiger partial charge on any atom is 0.265 e. The average Bonchev–Trinajstić information content (AvgIpc) is 2.82. The molecule has 0 aliphatic carbocycles. The van der Waals surface area contributed by atoms with Crippen LogP contribution >= 0.6 is 0 Å². The van der Waals surface area contributed by atoms with Gasteiger partial charge >= 0.3 is 0 Å². The van der Waals surface area contributed by atoms with Crippen LogP contribution in [0.2, 0.25) is 0 Å². The smallest absolute Gasteiger partial charge is 0.265 e. The molecule has 4 rings (SSSR count). The summed E-state index contributed by atoms with van der Waals surface area (Å²) >= 11 is 0. The first-order chi connectivity index (χ1) is 12.4. The molecule has 132 valence electrons. The molecule has 5 nitrogen and oxygen atoms in total. The van der Waals surface area contributed by atoms with Crippen LogP contribution in [-0.4, -0.2) is 20.9 Å². The van der Waals surface area contributed by atoms with E-state index in [0.717, 1.165) is 16.5 Å². The molecule has 0 atom stereocenters. The lowest BCUT2D eigenvalue weighted by Gasteiger charge is -2.18. The predicted molar refractivity (Wildman–Crippen MR) is 103 cm³/mol. The molecule has 0 radical (unpaired) electrons. The minimum absolute atomic E-state index is 0.254. The van der Waals surface area contributed by atoms with E-state index in [1.165, 1.54) is 4.31 Å². The monoisotopic (exact) mass is 366 g/mol. The number of hydrogen-bond donors (Lipinski definition) is 1. The zero-order valence-corrected chi connectivity index (χ0v) is 15.3. The third-order valence-electron chi connectivity index (χ3n) is 4.76. The fourth-order valence-corrected chi connectivity index (χ4v) is 4.95. The van der Waals surface area contributed by atoms with Gasteiger partial charge in [0.1, 0.15) is 6.54 Å². The Labute approximate surface area is 152 Å². The van der Waals surface area contributed by atoms with E-state index in [1.54, 1.807) is 24.3 Å². The first-order valence-corrected chi connectivity index (χ1v) is 9.73. The molecule has 1 aliphatic rings. The number of amides is 1. The van der Waals surface area contributed by atoms with Crippen molar-refractivity contribution in [3.8, 4) is 0 Å². The first kappa shape index (κ1) is 16.6. The van der Waals surface area contributed by atoms with E-state index >= 15 is 0 Å². The van der Waals surface area contributed by atoms with Crippen molar-refractivity contribution in [3.05, 3.63) is 65.7 Å². The standard InChI is InChI=1S/C20H18N2O3S/c1-13-9-10-16(11-14(13)2)21-19(23)12-22-17-7-3-5-15-6-4-8-18(20(15)17)26(22,24)25/h3-11H,12H2,1-2H3,(H,21,23). The number of nitrogens with one attached hydrogen (secondary N) is 1. The molecule has 0 bridgehead atoms. The van der Waals surface area contributed by atoms with Gasteiger partial charge in [0.2, 0.25) is 5.91 Å². The van der Waals surface area contributed by atoms with Crippen LogP contribution in [-0.2, 0) is 14.8 Å². The second-order valence-electron chi connectivity index (χ2n) is 6.49. The van der Waals surface area contributed by atoms with Crippen LogP contribution in [0.4, 0.5) is 11.4 Å². The average molecular weight is 366 g/mol. The van der Waals surface area contributed by atoms with Gasteiger partial charge in [-0.05, 0) is 54.6 Å². The normalized spacial score (nSPS) is 14.6. The summed E-state index contributed by atoms with van der Waals surface area (Å²) in [5.41, 5.74) is 3.40. The fourth-order valence-electron chi connectivity index (χ4n) is 3.28.